The normalized spacial score (nSPS) is 13.5. The molecule has 0 aromatic heterocycles. The molecule has 290 valence electrons. The van der Waals surface area contributed by atoms with Gasteiger partial charge in [0.25, 0.3) is 0 Å². The molecule has 1 aliphatic carbocycles. The largest absolute Gasteiger partial charge is 0.310 e. The topological polar surface area (TPSA) is 3.24 Å². The van der Waals surface area contributed by atoms with Crippen LogP contribution in [0.3, 0.4) is 0 Å². The Hall–Kier alpha value is -8.00. The summed E-state index contributed by atoms with van der Waals surface area (Å²) in [5.41, 5.74) is 10.4. The van der Waals surface area contributed by atoms with Crippen LogP contribution in [0.5, 0.6) is 0 Å². The predicted octanol–water partition coefficient (Wildman–Crippen LogP) is 16.3. The van der Waals surface area contributed by atoms with Gasteiger partial charge < -0.3 is 4.90 Å². The lowest BCUT2D eigenvalue weighted by Gasteiger charge is -2.34. The molecule has 12 rings (SSSR count). The lowest BCUT2D eigenvalue weighted by molar-refractivity contribution is 0.768. The van der Waals surface area contributed by atoms with Gasteiger partial charge in [-0.05, 0) is 119 Å². The van der Waals surface area contributed by atoms with Gasteiger partial charge in [-0.2, -0.15) is 0 Å². The van der Waals surface area contributed by atoms with Gasteiger partial charge in [0.15, 0.2) is 0 Å². The lowest BCUT2D eigenvalue weighted by Crippen LogP contribution is -2.28. The molecule has 0 radical (unpaired) electrons. The van der Waals surface area contributed by atoms with E-state index >= 15 is 0 Å². The molecule has 0 saturated heterocycles. The number of anilines is 3. The van der Waals surface area contributed by atoms with Crippen molar-refractivity contribution in [2.24, 2.45) is 0 Å². The van der Waals surface area contributed by atoms with E-state index in [9.17, 15) is 5.48 Å². The molecular weight excluding hydrogens is 747 g/mol. The second-order valence-corrected chi connectivity index (χ2v) is 16.1. The van der Waals surface area contributed by atoms with E-state index in [0.29, 0.717) is 5.56 Å². The third-order valence-corrected chi connectivity index (χ3v) is 12.8. The first kappa shape index (κ1) is 31.9. The van der Waals surface area contributed by atoms with Crippen molar-refractivity contribution >= 4 is 49.4 Å². The highest BCUT2D eigenvalue weighted by Crippen LogP contribution is 2.59. The van der Waals surface area contributed by atoms with Crippen LogP contribution in [0.15, 0.2) is 249 Å². The molecule has 0 spiro atoms. The molecule has 62 heavy (non-hydrogen) atoms. The molecule has 0 aliphatic heterocycles. The van der Waals surface area contributed by atoms with Gasteiger partial charge in [-0.15, -0.1) is 0 Å². The van der Waals surface area contributed by atoms with Crippen LogP contribution in [0, 0.1) is 0 Å². The van der Waals surface area contributed by atoms with E-state index in [1.165, 1.54) is 0 Å². The Morgan fingerprint density at radius 1 is 0.339 bits per heavy atom. The smallest absolute Gasteiger partial charge is 0.0714 e. The first-order valence-corrected chi connectivity index (χ1v) is 21.2. The van der Waals surface area contributed by atoms with Crippen LogP contribution in [-0.2, 0) is 5.41 Å². The van der Waals surface area contributed by atoms with Crippen LogP contribution in [0.4, 0.5) is 17.1 Å². The zero-order valence-electron chi connectivity index (χ0n) is 37.8. The van der Waals surface area contributed by atoms with Gasteiger partial charge in [-0.1, -0.05) is 212 Å². The minimum atomic E-state index is -0.694. The van der Waals surface area contributed by atoms with E-state index in [-0.39, 0.29) is 35.4 Å². The van der Waals surface area contributed by atoms with E-state index in [0.717, 1.165) is 88.2 Å². The highest BCUT2D eigenvalue weighted by molar-refractivity contribution is 6.08. The van der Waals surface area contributed by atoms with Crippen molar-refractivity contribution in [2.45, 2.75) is 5.41 Å². The Kier molecular flexibility index (Phi) is 7.51. The Labute approximate surface area is 368 Å². The van der Waals surface area contributed by atoms with Crippen molar-refractivity contribution < 1.29 is 5.48 Å². The van der Waals surface area contributed by atoms with Crippen molar-refractivity contribution in [1.29, 1.82) is 0 Å². The summed E-state index contributed by atoms with van der Waals surface area (Å²) in [5.74, 6) is 0. The summed E-state index contributed by atoms with van der Waals surface area (Å²) in [7, 11) is 0. The van der Waals surface area contributed by atoms with Crippen molar-refractivity contribution in [3.05, 3.63) is 271 Å². The molecule has 0 fully saturated rings. The molecule has 0 amide bonds. The van der Waals surface area contributed by atoms with Crippen LogP contribution in [0.25, 0.3) is 65.7 Å². The summed E-state index contributed by atoms with van der Waals surface area (Å²) in [6.45, 7) is 0. The molecule has 0 heterocycles. The molecule has 1 aliphatic rings. The maximum Gasteiger partial charge on any atom is 0.0714 e. The molecule has 1 nitrogen and oxygen atoms in total. The predicted molar refractivity (Wildman–Crippen MR) is 262 cm³/mol. The Morgan fingerprint density at radius 3 is 1.71 bits per heavy atom. The van der Waals surface area contributed by atoms with Crippen LogP contribution < -0.4 is 4.90 Å². The van der Waals surface area contributed by atoms with Gasteiger partial charge in [-0.25, -0.2) is 0 Å². The summed E-state index contributed by atoms with van der Waals surface area (Å²) >= 11 is 0. The summed E-state index contributed by atoms with van der Waals surface area (Å²) in [5, 5.41) is 6.55. The monoisotopic (exact) mass is 791 g/mol. The number of nitrogens with zero attached hydrogens (tertiary/aromatic N) is 1. The molecular formula is C61H41N. The lowest BCUT2D eigenvalue weighted by atomic mass is 9.68. The number of benzene rings is 11. The van der Waals surface area contributed by atoms with Gasteiger partial charge in [0.1, 0.15) is 0 Å². The average molecular weight is 792 g/mol. The van der Waals surface area contributed by atoms with Crippen LogP contribution in [0.1, 0.15) is 27.7 Å². The van der Waals surface area contributed by atoms with Gasteiger partial charge in [0.05, 0.1) is 16.6 Å². The van der Waals surface area contributed by atoms with Crippen LogP contribution in [-0.4, -0.2) is 0 Å². The van der Waals surface area contributed by atoms with E-state index in [4.69, 9.17) is 0 Å². The Balaban J connectivity index is 1.14. The van der Waals surface area contributed by atoms with Gasteiger partial charge in [-0.3, -0.25) is 0 Å². The standard InChI is InChI=1S/C61H41N/c1-3-20-48(21-4-1)61(49-22-5-2-6-23-49)57-29-12-11-27-56(57)60-58(61)30-15-31-59(60)62(51-24-13-19-46(41-51)54-28-14-18-43-16-7-9-25-52(43)54)50-37-34-42(35-38-50)45-36-39-55-47(40-45)33-32-44-17-8-10-26-53(44)55/h1-41H/i34D,35D,37D,38D. The molecule has 11 aromatic carbocycles. The maximum atomic E-state index is 10.0. The van der Waals surface area contributed by atoms with Gasteiger partial charge in [0.2, 0.25) is 0 Å². The molecule has 0 unspecified atom stereocenters. The first-order chi connectivity index (χ1) is 32.4. The van der Waals surface area contributed by atoms with Crippen molar-refractivity contribution in [1.82, 2.24) is 0 Å². The number of hydrogen-bond donors (Lipinski definition) is 0. The van der Waals surface area contributed by atoms with Crippen molar-refractivity contribution in [3.8, 4) is 33.4 Å². The fourth-order valence-corrected chi connectivity index (χ4v) is 10.1. The van der Waals surface area contributed by atoms with Crippen molar-refractivity contribution in [2.75, 3.05) is 4.90 Å². The van der Waals surface area contributed by atoms with Crippen molar-refractivity contribution in [3.63, 3.8) is 0 Å². The molecule has 0 bridgehead atoms. The van der Waals surface area contributed by atoms with Gasteiger partial charge >= 0.3 is 0 Å². The molecule has 0 N–H and O–H groups in total. The van der Waals surface area contributed by atoms with Crippen LogP contribution >= 0.6 is 0 Å². The number of fused-ring (bicyclic) bond motifs is 7. The third kappa shape index (κ3) is 5.63. The highest BCUT2D eigenvalue weighted by atomic mass is 15.1. The van der Waals surface area contributed by atoms with E-state index < -0.39 is 5.41 Å². The van der Waals surface area contributed by atoms with E-state index in [1.807, 2.05) is 47.4 Å². The SMILES string of the molecule is [2H]c1c([2H])c(N(c2cccc(-c3cccc4ccccc34)c2)c2cccc3c2-c2ccccc2C3(c2ccccc2)c2ccccc2)c([2H])c([2H])c1-c1ccc2c(ccc3ccccc32)c1. The third-order valence-electron chi connectivity index (χ3n) is 12.8. The highest BCUT2D eigenvalue weighted by Gasteiger charge is 2.47. The summed E-state index contributed by atoms with van der Waals surface area (Å²) in [6.07, 6.45) is 0. The van der Waals surface area contributed by atoms with Gasteiger partial charge in [0, 0.05) is 16.9 Å². The average Bonchev–Trinajstić information content (AvgIpc) is 3.69. The summed E-state index contributed by atoms with van der Waals surface area (Å²) in [4.78, 5) is 1.98. The first-order valence-electron chi connectivity index (χ1n) is 23.2. The summed E-state index contributed by atoms with van der Waals surface area (Å²) in [6, 6.07) is 77.1. The van der Waals surface area contributed by atoms with E-state index in [2.05, 4.69) is 182 Å². The minimum absolute atomic E-state index is 0.0998. The molecule has 1 heteroatoms. The number of hydrogen-bond acceptors (Lipinski definition) is 1. The minimum Gasteiger partial charge on any atom is -0.310 e. The van der Waals surface area contributed by atoms with Crippen LogP contribution in [0.2, 0.25) is 0 Å². The zero-order valence-corrected chi connectivity index (χ0v) is 33.8. The Morgan fingerprint density at radius 2 is 0.919 bits per heavy atom. The quantitative estimate of drug-likeness (QED) is 0.145. The molecule has 11 aromatic rings. The fourth-order valence-electron chi connectivity index (χ4n) is 10.1. The summed E-state index contributed by atoms with van der Waals surface area (Å²) < 4.78 is 39.6. The Bertz CT molecular complexity index is 3640. The molecule has 0 saturated carbocycles. The van der Waals surface area contributed by atoms with E-state index in [1.54, 1.807) is 0 Å². The fraction of sp³-hybridized carbons (Fsp3) is 0.0164. The second kappa shape index (κ2) is 14.6. The molecule has 0 atom stereocenters. The maximum absolute atomic E-state index is 10.0. The second-order valence-electron chi connectivity index (χ2n) is 16.1. The number of rotatable bonds is 7. The zero-order chi connectivity index (χ0) is 44.5.